The van der Waals surface area contributed by atoms with Crippen molar-refractivity contribution < 1.29 is 9.47 Å². The van der Waals surface area contributed by atoms with Gasteiger partial charge in [0, 0.05) is 24.3 Å². The van der Waals surface area contributed by atoms with Crippen LogP contribution in [0.3, 0.4) is 0 Å². The fourth-order valence-electron chi connectivity index (χ4n) is 1.78. The fraction of sp³-hybridized carbons (Fsp3) is 0.231. The second-order valence-electron chi connectivity index (χ2n) is 3.49. The van der Waals surface area contributed by atoms with E-state index in [1.165, 1.54) is 10.8 Å². The lowest BCUT2D eigenvalue weighted by atomic mass is 10.1. The van der Waals surface area contributed by atoms with Crippen LogP contribution in [-0.4, -0.2) is 14.2 Å². The zero-order valence-electron chi connectivity index (χ0n) is 9.24. The molecule has 0 saturated heterocycles. The Hall–Kier alpha value is -0.900. The minimum Gasteiger partial charge on any atom is -0.352 e. The van der Waals surface area contributed by atoms with Crippen LogP contribution in [0.25, 0.3) is 10.8 Å². The van der Waals surface area contributed by atoms with Crippen LogP contribution in [0, 0.1) is 0 Å². The Morgan fingerprint density at radius 2 is 1.69 bits per heavy atom. The molecule has 0 aliphatic heterocycles. The van der Waals surface area contributed by atoms with Gasteiger partial charge in [-0.1, -0.05) is 36.4 Å². The summed E-state index contributed by atoms with van der Waals surface area (Å²) in [6.45, 7) is 0. The van der Waals surface area contributed by atoms with Crippen LogP contribution in [0.1, 0.15) is 11.9 Å². The predicted molar refractivity (Wildman–Crippen MR) is 68.4 cm³/mol. The standard InChI is InChI=1S/C13H13BrO2/c1-15-13(16-2)11-8-7-9-5-3-4-6-10(9)12(11)14/h3-8,13H,1-2H3. The quantitative estimate of drug-likeness (QED) is 0.794. The summed E-state index contributed by atoms with van der Waals surface area (Å²) in [7, 11) is 3.27. The van der Waals surface area contributed by atoms with E-state index in [9.17, 15) is 0 Å². The number of hydrogen-bond donors (Lipinski definition) is 0. The molecule has 0 heterocycles. The van der Waals surface area contributed by atoms with Crippen LogP contribution in [-0.2, 0) is 9.47 Å². The van der Waals surface area contributed by atoms with Gasteiger partial charge < -0.3 is 9.47 Å². The third-order valence-corrected chi connectivity index (χ3v) is 3.46. The topological polar surface area (TPSA) is 18.5 Å². The zero-order valence-corrected chi connectivity index (χ0v) is 10.8. The van der Waals surface area contributed by atoms with Crippen LogP contribution in [0.2, 0.25) is 0 Å². The molecule has 0 N–H and O–H groups in total. The number of methoxy groups -OCH3 is 2. The molecular formula is C13H13BrO2. The lowest BCUT2D eigenvalue weighted by Gasteiger charge is -2.16. The first kappa shape index (κ1) is 11.6. The molecule has 2 rings (SSSR count). The van der Waals surface area contributed by atoms with E-state index in [1.807, 2.05) is 18.2 Å². The van der Waals surface area contributed by atoms with E-state index >= 15 is 0 Å². The lowest BCUT2D eigenvalue weighted by molar-refractivity contribution is -0.106. The van der Waals surface area contributed by atoms with Gasteiger partial charge in [-0.25, -0.2) is 0 Å². The van der Waals surface area contributed by atoms with E-state index < -0.39 is 0 Å². The Morgan fingerprint density at radius 1 is 1.00 bits per heavy atom. The molecule has 0 aromatic heterocycles. The van der Waals surface area contributed by atoms with Gasteiger partial charge in [0.1, 0.15) is 0 Å². The monoisotopic (exact) mass is 280 g/mol. The predicted octanol–water partition coefficient (Wildman–Crippen LogP) is 3.89. The van der Waals surface area contributed by atoms with Crippen molar-refractivity contribution in [3.05, 3.63) is 46.4 Å². The van der Waals surface area contributed by atoms with Gasteiger partial charge in [-0.05, 0) is 26.7 Å². The second kappa shape index (κ2) is 4.95. The molecule has 16 heavy (non-hydrogen) atoms. The van der Waals surface area contributed by atoms with E-state index in [0.717, 1.165) is 10.0 Å². The van der Waals surface area contributed by atoms with Gasteiger partial charge >= 0.3 is 0 Å². The summed E-state index contributed by atoms with van der Waals surface area (Å²) >= 11 is 3.60. The van der Waals surface area contributed by atoms with Gasteiger partial charge in [-0.15, -0.1) is 0 Å². The summed E-state index contributed by atoms with van der Waals surface area (Å²) in [6.07, 6.45) is -0.334. The SMILES string of the molecule is COC(OC)c1ccc2ccccc2c1Br. The molecule has 0 aliphatic rings. The molecule has 0 unspecified atom stereocenters. The van der Waals surface area contributed by atoms with Crippen molar-refractivity contribution in [1.29, 1.82) is 0 Å². The number of hydrogen-bond acceptors (Lipinski definition) is 2. The van der Waals surface area contributed by atoms with Crippen molar-refractivity contribution in [2.75, 3.05) is 14.2 Å². The zero-order chi connectivity index (χ0) is 11.5. The van der Waals surface area contributed by atoms with Crippen LogP contribution in [0.5, 0.6) is 0 Å². The normalized spacial score (nSPS) is 11.2. The molecule has 0 bridgehead atoms. The number of fused-ring (bicyclic) bond motifs is 1. The molecule has 84 valence electrons. The first-order chi connectivity index (χ1) is 7.77. The average molecular weight is 281 g/mol. The summed E-state index contributed by atoms with van der Waals surface area (Å²) in [5.41, 5.74) is 1.00. The highest BCUT2D eigenvalue weighted by Gasteiger charge is 2.14. The van der Waals surface area contributed by atoms with Crippen molar-refractivity contribution >= 4 is 26.7 Å². The lowest BCUT2D eigenvalue weighted by Crippen LogP contribution is -2.04. The molecular weight excluding hydrogens is 268 g/mol. The van der Waals surface area contributed by atoms with Gasteiger partial charge in [0.2, 0.25) is 0 Å². The second-order valence-corrected chi connectivity index (χ2v) is 4.29. The van der Waals surface area contributed by atoms with Crippen LogP contribution >= 0.6 is 15.9 Å². The molecule has 2 aromatic carbocycles. The largest absolute Gasteiger partial charge is 0.352 e. The summed E-state index contributed by atoms with van der Waals surface area (Å²) < 4.78 is 11.6. The molecule has 2 nitrogen and oxygen atoms in total. The van der Waals surface area contributed by atoms with E-state index in [0.29, 0.717) is 0 Å². The van der Waals surface area contributed by atoms with Gasteiger partial charge in [0.25, 0.3) is 0 Å². The molecule has 0 atom stereocenters. The fourth-order valence-corrected chi connectivity index (χ4v) is 2.46. The Morgan fingerprint density at radius 3 is 2.38 bits per heavy atom. The number of rotatable bonds is 3. The molecule has 0 amide bonds. The van der Waals surface area contributed by atoms with Crippen LogP contribution < -0.4 is 0 Å². The van der Waals surface area contributed by atoms with Crippen molar-refractivity contribution in [2.45, 2.75) is 6.29 Å². The van der Waals surface area contributed by atoms with Crippen LogP contribution in [0.4, 0.5) is 0 Å². The Balaban J connectivity index is 2.60. The molecule has 0 spiro atoms. The average Bonchev–Trinajstić information content (AvgIpc) is 2.34. The number of benzene rings is 2. The molecule has 0 fully saturated rings. The highest BCUT2D eigenvalue weighted by Crippen LogP contribution is 2.32. The highest BCUT2D eigenvalue weighted by atomic mass is 79.9. The molecule has 0 radical (unpaired) electrons. The summed E-state index contributed by atoms with van der Waals surface area (Å²) in [5.74, 6) is 0. The van der Waals surface area contributed by atoms with Gasteiger partial charge in [-0.2, -0.15) is 0 Å². The molecule has 0 aliphatic carbocycles. The number of ether oxygens (including phenoxy) is 2. The van der Waals surface area contributed by atoms with E-state index in [2.05, 4.69) is 34.1 Å². The van der Waals surface area contributed by atoms with Gasteiger partial charge in [0.15, 0.2) is 6.29 Å². The Kier molecular flexibility index (Phi) is 3.59. The van der Waals surface area contributed by atoms with E-state index in [1.54, 1.807) is 14.2 Å². The van der Waals surface area contributed by atoms with Gasteiger partial charge in [0.05, 0.1) is 0 Å². The van der Waals surface area contributed by atoms with Crippen LogP contribution in [0.15, 0.2) is 40.9 Å². The molecule has 3 heteroatoms. The minimum atomic E-state index is -0.334. The highest BCUT2D eigenvalue weighted by molar-refractivity contribution is 9.10. The minimum absolute atomic E-state index is 0.334. The Bertz CT molecular complexity index is 492. The maximum atomic E-state index is 5.26. The smallest absolute Gasteiger partial charge is 0.184 e. The summed E-state index contributed by atoms with van der Waals surface area (Å²) in [5, 5.41) is 2.36. The van der Waals surface area contributed by atoms with Crippen molar-refractivity contribution in [2.24, 2.45) is 0 Å². The third kappa shape index (κ3) is 1.98. The first-order valence-electron chi connectivity index (χ1n) is 5.00. The number of halogens is 1. The third-order valence-electron chi connectivity index (χ3n) is 2.58. The Labute approximate surface area is 103 Å². The molecule has 2 aromatic rings. The molecule has 0 saturated carbocycles. The summed E-state index contributed by atoms with van der Waals surface area (Å²) in [6, 6.07) is 12.3. The van der Waals surface area contributed by atoms with Crippen molar-refractivity contribution in [1.82, 2.24) is 0 Å². The summed E-state index contributed by atoms with van der Waals surface area (Å²) in [4.78, 5) is 0. The first-order valence-corrected chi connectivity index (χ1v) is 5.80. The van der Waals surface area contributed by atoms with Crippen molar-refractivity contribution in [3.8, 4) is 0 Å². The van der Waals surface area contributed by atoms with E-state index in [4.69, 9.17) is 9.47 Å². The maximum Gasteiger partial charge on any atom is 0.184 e. The maximum absolute atomic E-state index is 5.26. The van der Waals surface area contributed by atoms with E-state index in [-0.39, 0.29) is 6.29 Å². The van der Waals surface area contributed by atoms with Crippen molar-refractivity contribution in [3.63, 3.8) is 0 Å². The van der Waals surface area contributed by atoms with Gasteiger partial charge in [-0.3, -0.25) is 0 Å².